The maximum absolute atomic E-state index is 12.0. The third-order valence-electron chi connectivity index (χ3n) is 3.45. The molecule has 0 aliphatic rings. The standard InChI is InChI=1S/C16H17BrN2O2/c1-2-16(21,13-3-5-14(17)6-4-13)11-19-15(20)12-7-9-18-10-8-12/h3-10,21H,2,11H2,1H3,(H,19,20). The van der Waals surface area contributed by atoms with Crippen LogP contribution in [0.5, 0.6) is 0 Å². The third-order valence-corrected chi connectivity index (χ3v) is 3.98. The molecule has 1 aromatic carbocycles. The predicted octanol–water partition coefficient (Wildman–Crippen LogP) is 2.87. The lowest BCUT2D eigenvalue weighted by Gasteiger charge is -2.27. The first-order chi connectivity index (χ1) is 10.0. The number of amides is 1. The van der Waals surface area contributed by atoms with E-state index in [0.717, 1.165) is 10.0 Å². The molecule has 0 bridgehead atoms. The number of pyridine rings is 1. The number of carbonyl (C=O) groups is 1. The molecule has 21 heavy (non-hydrogen) atoms. The number of benzene rings is 1. The normalized spacial score (nSPS) is 13.5. The zero-order valence-electron chi connectivity index (χ0n) is 11.7. The molecule has 0 aliphatic heterocycles. The summed E-state index contributed by atoms with van der Waals surface area (Å²) in [6.45, 7) is 2.05. The van der Waals surface area contributed by atoms with Crippen LogP contribution in [0.15, 0.2) is 53.3 Å². The molecule has 2 N–H and O–H groups in total. The summed E-state index contributed by atoms with van der Waals surface area (Å²) in [6, 6.07) is 10.7. The van der Waals surface area contributed by atoms with Gasteiger partial charge in [-0.1, -0.05) is 35.0 Å². The molecular formula is C16H17BrN2O2. The van der Waals surface area contributed by atoms with E-state index in [9.17, 15) is 9.90 Å². The molecule has 5 heteroatoms. The highest BCUT2D eigenvalue weighted by atomic mass is 79.9. The van der Waals surface area contributed by atoms with Crippen LogP contribution in [0.1, 0.15) is 29.3 Å². The van der Waals surface area contributed by atoms with E-state index in [2.05, 4.69) is 26.2 Å². The zero-order valence-corrected chi connectivity index (χ0v) is 13.3. The van der Waals surface area contributed by atoms with Gasteiger partial charge in [0.2, 0.25) is 0 Å². The minimum absolute atomic E-state index is 0.159. The number of rotatable bonds is 5. The van der Waals surface area contributed by atoms with Crippen molar-refractivity contribution in [3.63, 3.8) is 0 Å². The maximum Gasteiger partial charge on any atom is 0.251 e. The summed E-state index contributed by atoms with van der Waals surface area (Å²) >= 11 is 3.37. The molecule has 0 saturated heterocycles. The second-order valence-electron chi connectivity index (χ2n) is 4.81. The van der Waals surface area contributed by atoms with Crippen molar-refractivity contribution in [2.45, 2.75) is 18.9 Å². The molecule has 0 fully saturated rings. The third kappa shape index (κ3) is 3.89. The number of nitrogens with zero attached hydrogens (tertiary/aromatic N) is 1. The van der Waals surface area contributed by atoms with Gasteiger partial charge >= 0.3 is 0 Å². The lowest BCUT2D eigenvalue weighted by Crippen LogP contribution is -2.40. The number of aliphatic hydroxyl groups is 1. The molecule has 1 unspecified atom stereocenters. The van der Waals surface area contributed by atoms with Gasteiger partial charge in [-0.3, -0.25) is 9.78 Å². The lowest BCUT2D eigenvalue weighted by molar-refractivity contribution is 0.0314. The number of aromatic nitrogens is 1. The second-order valence-corrected chi connectivity index (χ2v) is 5.73. The van der Waals surface area contributed by atoms with Crippen LogP contribution in [-0.2, 0) is 5.60 Å². The molecule has 0 spiro atoms. The van der Waals surface area contributed by atoms with E-state index in [1.54, 1.807) is 24.5 Å². The average Bonchev–Trinajstić information content (AvgIpc) is 2.53. The van der Waals surface area contributed by atoms with E-state index in [0.29, 0.717) is 12.0 Å². The minimum Gasteiger partial charge on any atom is -0.383 e. The quantitative estimate of drug-likeness (QED) is 0.873. The van der Waals surface area contributed by atoms with Gasteiger partial charge in [0.1, 0.15) is 5.60 Å². The molecule has 1 amide bonds. The Kier molecular flexibility index (Phi) is 5.09. The Hall–Kier alpha value is -1.72. The molecule has 0 radical (unpaired) electrons. The first kappa shape index (κ1) is 15.7. The lowest BCUT2D eigenvalue weighted by atomic mass is 9.91. The first-order valence-electron chi connectivity index (χ1n) is 6.72. The summed E-state index contributed by atoms with van der Waals surface area (Å²) in [7, 11) is 0. The van der Waals surface area contributed by atoms with Crippen LogP contribution in [-0.4, -0.2) is 22.5 Å². The topological polar surface area (TPSA) is 62.2 Å². The largest absolute Gasteiger partial charge is 0.383 e. The van der Waals surface area contributed by atoms with Crippen LogP contribution in [0.25, 0.3) is 0 Å². The van der Waals surface area contributed by atoms with Gasteiger partial charge in [0.05, 0.1) is 6.54 Å². The van der Waals surface area contributed by atoms with Crippen molar-refractivity contribution in [2.75, 3.05) is 6.54 Å². The van der Waals surface area contributed by atoms with Crippen molar-refractivity contribution in [1.82, 2.24) is 10.3 Å². The average molecular weight is 349 g/mol. The number of hydrogen-bond acceptors (Lipinski definition) is 3. The van der Waals surface area contributed by atoms with E-state index in [1.807, 2.05) is 31.2 Å². The van der Waals surface area contributed by atoms with E-state index in [4.69, 9.17) is 0 Å². The number of hydrogen-bond donors (Lipinski definition) is 2. The second kappa shape index (κ2) is 6.83. The van der Waals surface area contributed by atoms with Gasteiger partial charge in [-0.25, -0.2) is 0 Å². The van der Waals surface area contributed by atoms with Crippen LogP contribution in [0, 0.1) is 0 Å². The number of halogens is 1. The van der Waals surface area contributed by atoms with E-state index in [-0.39, 0.29) is 12.5 Å². The van der Waals surface area contributed by atoms with E-state index in [1.165, 1.54) is 0 Å². The zero-order chi connectivity index (χ0) is 15.3. The SMILES string of the molecule is CCC(O)(CNC(=O)c1ccncc1)c1ccc(Br)cc1. The Morgan fingerprint density at radius 3 is 2.43 bits per heavy atom. The predicted molar refractivity (Wildman–Crippen MR) is 84.9 cm³/mol. The van der Waals surface area contributed by atoms with Gasteiger partial charge in [-0.05, 0) is 36.2 Å². The molecule has 2 rings (SSSR count). The van der Waals surface area contributed by atoms with Crippen molar-refractivity contribution in [2.24, 2.45) is 0 Å². The monoisotopic (exact) mass is 348 g/mol. The summed E-state index contributed by atoms with van der Waals surface area (Å²) in [5, 5.41) is 13.5. The Bertz CT molecular complexity index is 601. The Morgan fingerprint density at radius 2 is 1.86 bits per heavy atom. The smallest absolute Gasteiger partial charge is 0.251 e. The summed E-state index contributed by atoms with van der Waals surface area (Å²) in [5.41, 5.74) is 0.228. The fraction of sp³-hybridized carbons (Fsp3) is 0.250. The summed E-state index contributed by atoms with van der Waals surface area (Å²) in [6.07, 6.45) is 3.64. The van der Waals surface area contributed by atoms with Crippen molar-refractivity contribution in [3.8, 4) is 0 Å². The molecule has 1 atom stereocenters. The van der Waals surface area contributed by atoms with Crippen molar-refractivity contribution >= 4 is 21.8 Å². The Morgan fingerprint density at radius 1 is 1.24 bits per heavy atom. The van der Waals surface area contributed by atoms with Gasteiger partial charge in [0, 0.05) is 22.4 Å². The Balaban J connectivity index is 2.08. The molecular weight excluding hydrogens is 332 g/mol. The van der Waals surface area contributed by atoms with Crippen molar-refractivity contribution in [3.05, 3.63) is 64.4 Å². The van der Waals surface area contributed by atoms with Crippen LogP contribution in [0.3, 0.4) is 0 Å². The highest BCUT2D eigenvalue weighted by molar-refractivity contribution is 9.10. The van der Waals surface area contributed by atoms with E-state index >= 15 is 0 Å². The van der Waals surface area contributed by atoms with Gasteiger partial charge < -0.3 is 10.4 Å². The van der Waals surface area contributed by atoms with Crippen LogP contribution in [0.2, 0.25) is 0 Å². The molecule has 0 saturated carbocycles. The Labute approximate surface area is 132 Å². The fourth-order valence-electron chi connectivity index (χ4n) is 2.02. The van der Waals surface area contributed by atoms with Crippen LogP contribution in [0.4, 0.5) is 0 Å². The molecule has 1 heterocycles. The van der Waals surface area contributed by atoms with Crippen LogP contribution >= 0.6 is 15.9 Å². The maximum atomic E-state index is 12.0. The molecule has 1 aromatic heterocycles. The van der Waals surface area contributed by atoms with Gasteiger partial charge in [0.15, 0.2) is 0 Å². The highest BCUT2D eigenvalue weighted by Gasteiger charge is 2.27. The van der Waals surface area contributed by atoms with Crippen molar-refractivity contribution < 1.29 is 9.90 Å². The van der Waals surface area contributed by atoms with Gasteiger partial charge in [-0.15, -0.1) is 0 Å². The molecule has 2 aromatic rings. The molecule has 0 aliphatic carbocycles. The van der Waals surface area contributed by atoms with E-state index < -0.39 is 5.60 Å². The van der Waals surface area contributed by atoms with Crippen LogP contribution < -0.4 is 5.32 Å². The summed E-state index contributed by atoms with van der Waals surface area (Å²) in [5.74, 6) is -0.221. The van der Waals surface area contributed by atoms with Gasteiger partial charge in [0.25, 0.3) is 5.91 Å². The summed E-state index contributed by atoms with van der Waals surface area (Å²) < 4.78 is 0.950. The first-order valence-corrected chi connectivity index (χ1v) is 7.51. The number of nitrogens with one attached hydrogen (secondary N) is 1. The number of carbonyl (C=O) groups excluding carboxylic acids is 1. The summed E-state index contributed by atoms with van der Waals surface area (Å²) in [4.78, 5) is 15.9. The molecule has 110 valence electrons. The minimum atomic E-state index is -1.08. The highest BCUT2D eigenvalue weighted by Crippen LogP contribution is 2.25. The fourth-order valence-corrected chi connectivity index (χ4v) is 2.29. The van der Waals surface area contributed by atoms with Crippen molar-refractivity contribution in [1.29, 1.82) is 0 Å². The van der Waals surface area contributed by atoms with Gasteiger partial charge in [-0.2, -0.15) is 0 Å². The molecule has 4 nitrogen and oxygen atoms in total.